The summed E-state index contributed by atoms with van der Waals surface area (Å²) in [6, 6.07) is 19.2. The van der Waals surface area contributed by atoms with Gasteiger partial charge in [0.1, 0.15) is 11.3 Å². The first-order chi connectivity index (χ1) is 11.2. The molecule has 0 saturated heterocycles. The molecular formula is C20H18O3. The number of fused-ring (bicyclic) bond motifs is 1. The largest absolute Gasteiger partial charge is 0.493 e. The Morgan fingerprint density at radius 1 is 1.04 bits per heavy atom. The number of hydrogen-bond donors (Lipinski definition) is 1. The third-order valence-corrected chi connectivity index (χ3v) is 3.75. The number of carboxylic acids is 1. The zero-order valence-electron chi connectivity index (χ0n) is 13.0. The van der Waals surface area contributed by atoms with E-state index in [1.165, 1.54) is 0 Å². The van der Waals surface area contributed by atoms with Gasteiger partial charge in [-0.25, -0.2) is 4.79 Å². The molecule has 0 aliphatic rings. The molecule has 1 N–H and O–H groups in total. The molecule has 0 aliphatic heterocycles. The zero-order chi connectivity index (χ0) is 16.2. The van der Waals surface area contributed by atoms with Crippen molar-refractivity contribution in [2.45, 2.75) is 13.3 Å². The van der Waals surface area contributed by atoms with Crippen LogP contribution in [-0.4, -0.2) is 17.7 Å². The van der Waals surface area contributed by atoms with Gasteiger partial charge in [-0.15, -0.1) is 0 Å². The van der Waals surface area contributed by atoms with Gasteiger partial charge in [0.25, 0.3) is 0 Å². The van der Waals surface area contributed by atoms with Gasteiger partial charge in [0.05, 0.1) is 6.61 Å². The summed E-state index contributed by atoms with van der Waals surface area (Å²) in [6.07, 6.45) is 0.826. The smallest absolute Gasteiger partial charge is 0.340 e. The molecule has 0 atom stereocenters. The van der Waals surface area contributed by atoms with Crippen molar-refractivity contribution in [3.63, 3.8) is 0 Å². The maximum Gasteiger partial charge on any atom is 0.340 e. The third-order valence-electron chi connectivity index (χ3n) is 3.75. The van der Waals surface area contributed by atoms with Crippen molar-refractivity contribution in [2.24, 2.45) is 0 Å². The summed E-state index contributed by atoms with van der Waals surface area (Å²) < 4.78 is 5.74. The van der Waals surface area contributed by atoms with E-state index < -0.39 is 5.97 Å². The first kappa shape index (κ1) is 15.1. The highest BCUT2D eigenvalue weighted by atomic mass is 16.5. The molecule has 3 heteroatoms. The van der Waals surface area contributed by atoms with E-state index in [1.807, 2.05) is 67.6 Å². The number of aromatic carboxylic acids is 1. The highest BCUT2D eigenvalue weighted by Crippen LogP contribution is 2.38. The van der Waals surface area contributed by atoms with Crippen molar-refractivity contribution >= 4 is 16.7 Å². The lowest BCUT2D eigenvalue weighted by atomic mass is 9.92. The lowest BCUT2D eigenvalue weighted by Crippen LogP contribution is -2.06. The first-order valence-corrected chi connectivity index (χ1v) is 7.69. The molecule has 0 radical (unpaired) electrons. The Morgan fingerprint density at radius 3 is 2.43 bits per heavy atom. The second-order valence-electron chi connectivity index (χ2n) is 5.37. The molecule has 0 saturated carbocycles. The molecule has 3 aromatic rings. The maximum absolute atomic E-state index is 11.9. The van der Waals surface area contributed by atoms with Crippen LogP contribution < -0.4 is 4.74 Å². The zero-order valence-corrected chi connectivity index (χ0v) is 13.0. The lowest BCUT2D eigenvalue weighted by molar-refractivity contribution is 0.0693. The maximum atomic E-state index is 11.9. The van der Waals surface area contributed by atoms with Crippen LogP contribution in [0.1, 0.15) is 23.7 Å². The van der Waals surface area contributed by atoms with Crippen molar-refractivity contribution in [1.29, 1.82) is 0 Å². The van der Waals surface area contributed by atoms with E-state index in [1.54, 1.807) is 0 Å². The number of carbonyl (C=O) groups is 1. The van der Waals surface area contributed by atoms with E-state index in [0.717, 1.165) is 22.8 Å². The fourth-order valence-electron chi connectivity index (χ4n) is 2.76. The van der Waals surface area contributed by atoms with Crippen LogP contribution in [0.15, 0.2) is 60.7 Å². The summed E-state index contributed by atoms with van der Waals surface area (Å²) in [5.41, 5.74) is 1.81. The summed E-state index contributed by atoms with van der Waals surface area (Å²) in [6.45, 7) is 2.49. The average molecular weight is 306 g/mol. The summed E-state index contributed by atoms with van der Waals surface area (Å²) in [5, 5.41) is 11.7. The first-order valence-electron chi connectivity index (χ1n) is 7.69. The van der Waals surface area contributed by atoms with Crippen molar-refractivity contribution in [1.82, 2.24) is 0 Å². The van der Waals surface area contributed by atoms with Crippen molar-refractivity contribution in [3.05, 3.63) is 66.2 Å². The van der Waals surface area contributed by atoms with E-state index in [-0.39, 0.29) is 5.56 Å². The molecule has 3 aromatic carbocycles. The molecule has 0 heterocycles. The van der Waals surface area contributed by atoms with Gasteiger partial charge in [0.2, 0.25) is 0 Å². The molecule has 0 fully saturated rings. The molecule has 23 heavy (non-hydrogen) atoms. The van der Waals surface area contributed by atoms with Crippen LogP contribution >= 0.6 is 0 Å². The van der Waals surface area contributed by atoms with Gasteiger partial charge in [0.15, 0.2) is 0 Å². The number of hydrogen-bond acceptors (Lipinski definition) is 2. The standard InChI is InChI=1S/C20H18O3/c1-2-12-23-17-13-15-10-6-7-11-16(15)18(19(17)20(21)22)14-8-4-3-5-9-14/h3-11,13H,2,12H2,1H3,(H,21,22). The molecule has 0 bridgehead atoms. The van der Waals surface area contributed by atoms with Crippen LogP contribution in [0, 0.1) is 0 Å². The molecular weight excluding hydrogens is 288 g/mol. The number of ether oxygens (including phenoxy) is 1. The monoisotopic (exact) mass is 306 g/mol. The molecule has 0 amide bonds. The topological polar surface area (TPSA) is 46.5 Å². The second kappa shape index (κ2) is 6.53. The number of carboxylic acid groups (broad SMARTS) is 1. The predicted molar refractivity (Wildman–Crippen MR) is 92.1 cm³/mol. The second-order valence-corrected chi connectivity index (χ2v) is 5.37. The Balaban J connectivity index is 2.37. The van der Waals surface area contributed by atoms with Gasteiger partial charge in [-0.05, 0) is 28.8 Å². The van der Waals surface area contributed by atoms with E-state index >= 15 is 0 Å². The van der Waals surface area contributed by atoms with Crippen LogP contribution in [0.5, 0.6) is 5.75 Å². The molecule has 3 rings (SSSR count). The van der Waals surface area contributed by atoms with E-state index in [4.69, 9.17) is 4.74 Å². The minimum Gasteiger partial charge on any atom is -0.493 e. The summed E-state index contributed by atoms with van der Waals surface area (Å²) >= 11 is 0. The van der Waals surface area contributed by atoms with E-state index in [9.17, 15) is 9.90 Å². The minimum absolute atomic E-state index is 0.225. The molecule has 3 nitrogen and oxygen atoms in total. The summed E-state index contributed by atoms with van der Waals surface area (Å²) in [4.78, 5) is 11.9. The van der Waals surface area contributed by atoms with Crippen molar-refractivity contribution in [3.8, 4) is 16.9 Å². The van der Waals surface area contributed by atoms with Gasteiger partial charge >= 0.3 is 5.97 Å². The quantitative estimate of drug-likeness (QED) is 0.722. The predicted octanol–water partition coefficient (Wildman–Crippen LogP) is 4.99. The Hall–Kier alpha value is -2.81. The fraction of sp³-hybridized carbons (Fsp3) is 0.150. The summed E-state index contributed by atoms with van der Waals surface area (Å²) in [5.74, 6) is -0.544. The summed E-state index contributed by atoms with van der Waals surface area (Å²) in [7, 11) is 0. The normalized spacial score (nSPS) is 10.7. The minimum atomic E-state index is -0.972. The number of rotatable bonds is 5. The van der Waals surface area contributed by atoms with Gasteiger partial charge in [-0.3, -0.25) is 0 Å². The third kappa shape index (κ3) is 2.90. The van der Waals surface area contributed by atoms with Crippen LogP contribution in [0.4, 0.5) is 0 Å². The number of benzene rings is 3. The van der Waals surface area contributed by atoms with Gasteiger partial charge in [-0.2, -0.15) is 0 Å². The Kier molecular flexibility index (Phi) is 4.29. The van der Waals surface area contributed by atoms with Crippen LogP contribution in [0.25, 0.3) is 21.9 Å². The average Bonchev–Trinajstić information content (AvgIpc) is 2.59. The fourth-order valence-corrected chi connectivity index (χ4v) is 2.76. The van der Waals surface area contributed by atoms with Gasteiger partial charge in [0, 0.05) is 5.56 Å². The van der Waals surface area contributed by atoms with Crippen LogP contribution in [0.3, 0.4) is 0 Å². The van der Waals surface area contributed by atoms with E-state index in [2.05, 4.69) is 0 Å². The molecule has 0 aliphatic carbocycles. The molecule has 0 spiro atoms. The molecule has 0 aromatic heterocycles. The Labute approximate surface area is 135 Å². The van der Waals surface area contributed by atoms with Crippen molar-refractivity contribution in [2.75, 3.05) is 6.61 Å². The van der Waals surface area contributed by atoms with Crippen LogP contribution in [0.2, 0.25) is 0 Å². The van der Waals surface area contributed by atoms with Crippen molar-refractivity contribution < 1.29 is 14.6 Å². The molecule has 116 valence electrons. The Morgan fingerprint density at radius 2 is 1.74 bits per heavy atom. The molecule has 0 unspecified atom stereocenters. The highest BCUT2D eigenvalue weighted by molar-refractivity contribution is 6.10. The van der Waals surface area contributed by atoms with Gasteiger partial charge in [-0.1, -0.05) is 61.5 Å². The SMILES string of the molecule is CCCOc1cc2ccccc2c(-c2ccccc2)c1C(=O)O. The van der Waals surface area contributed by atoms with Gasteiger partial charge < -0.3 is 9.84 Å². The Bertz CT molecular complexity index is 838. The van der Waals surface area contributed by atoms with Crippen LogP contribution in [-0.2, 0) is 0 Å². The highest BCUT2D eigenvalue weighted by Gasteiger charge is 2.21. The lowest BCUT2D eigenvalue weighted by Gasteiger charge is -2.16. The van der Waals surface area contributed by atoms with E-state index in [0.29, 0.717) is 17.9 Å².